The molecule has 0 heterocycles. The normalized spacial score (nSPS) is 9.42. The van der Waals surface area contributed by atoms with Gasteiger partial charge in [0.25, 0.3) is 0 Å². The Balaban J connectivity index is 3.00. The third-order valence-electron chi connectivity index (χ3n) is 1.63. The number of nitrogens with one attached hydrogen (secondary N) is 1. The Hall–Kier alpha value is -1.29. The predicted molar refractivity (Wildman–Crippen MR) is 56.0 cm³/mol. The second-order valence-electron chi connectivity index (χ2n) is 2.51. The summed E-state index contributed by atoms with van der Waals surface area (Å²) >= 11 is 4.71. The van der Waals surface area contributed by atoms with Gasteiger partial charge in [0.1, 0.15) is 0 Å². The molecule has 0 fully saturated rings. The van der Waals surface area contributed by atoms with Gasteiger partial charge in [-0.05, 0) is 36.8 Å². The van der Waals surface area contributed by atoms with Gasteiger partial charge in [-0.3, -0.25) is 0 Å². The van der Waals surface area contributed by atoms with Crippen molar-refractivity contribution in [3.8, 4) is 0 Å². The average Bonchev–Trinajstić information content (AvgIpc) is 1.98. The highest BCUT2D eigenvalue weighted by atomic mass is 32.1. The summed E-state index contributed by atoms with van der Waals surface area (Å²) in [6, 6.07) is 5.56. The predicted octanol–water partition coefficient (Wildman–Crippen LogP) is 1.23. The molecule has 5 N–H and O–H groups in total. The van der Waals surface area contributed by atoms with E-state index in [-0.39, 0.29) is 5.11 Å². The summed E-state index contributed by atoms with van der Waals surface area (Å²) in [5.41, 5.74) is 13.6. The zero-order valence-corrected chi connectivity index (χ0v) is 7.61. The summed E-state index contributed by atoms with van der Waals surface area (Å²) in [5.74, 6) is 0. The molecule has 0 radical (unpaired) electrons. The van der Waals surface area contributed by atoms with Crippen molar-refractivity contribution < 1.29 is 0 Å². The second kappa shape index (κ2) is 3.40. The number of hydrogen-bond donors (Lipinski definition) is 3. The number of rotatable bonds is 1. The van der Waals surface area contributed by atoms with Crippen LogP contribution in [0.2, 0.25) is 0 Å². The monoisotopic (exact) mass is 181 g/mol. The van der Waals surface area contributed by atoms with Crippen molar-refractivity contribution in [3.05, 3.63) is 23.8 Å². The van der Waals surface area contributed by atoms with E-state index in [1.165, 1.54) is 0 Å². The molecule has 64 valence electrons. The fraction of sp³-hybridized carbons (Fsp3) is 0.125. The Morgan fingerprint density at radius 3 is 2.75 bits per heavy atom. The lowest BCUT2D eigenvalue weighted by molar-refractivity contribution is 1.45. The smallest absolute Gasteiger partial charge is 0.168 e. The van der Waals surface area contributed by atoms with Crippen LogP contribution in [0.1, 0.15) is 5.56 Å². The molecule has 0 aliphatic carbocycles. The SMILES string of the molecule is Cc1c(N)cccc1NC(N)=S. The molecule has 0 aliphatic heterocycles. The molecule has 1 aromatic rings. The quantitative estimate of drug-likeness (QED) is 0.450. The van der Waals surface area contributed by atoms with E-state index in [2.05, 4.69) is 5.32 Å². The van der Waals surface area contributed by atoms with Gasteiger partial charge < -0.3 is 16.8 Å². The molecule has 3 nitrogen and oxygen atoms in total. The average molecular weight is 181 g/mol. The van der Waals surface area contributed by atoms with Gasteiger partial charge in [-0.2, -0.15) is 0 Å². The minimum Gasteiger partial charge on any atom is -0.398 e. The summed E-state index contributed by atoms with van der Waals surface area (Å²) in [7, 11) is 0. The summed E-state index contributed by atoms with van der Waals surface area (Å²) < 4.78 is 0. The third-order valence-corrected chi connectivity index (χ3v) is 1.74. The van der Waals surface area contributed by atoms with Crippen LogP contribution in [0.3, 0.4) is 0 Å². The third kappa shape index (κ3) is 1.85. The van der Waals surface area contributed by atoms with Gasteiger partial charge in [0.2, 0.25) is 0 Å². The lowest BCUT2D eigenvalue weighted by Gasteiger charge is -2.08. The van der Waals surface area contributed by atoms with Crippen LogP contribution in [0.25, 0.3) is 0 Å². The van der Waals surface area contributed by atoms with Gasteiger partial charge in [-0.15, -0.1) is 0 Å². The maximum Gasteiger partial charge on any atom is 0.168 e. The Labute approximate surface area is 76.7 Å². The first kappa shape index (κ1) is 8.80. The Morgan fingerprint density at radius 1 is 1.50 bits per heavy atom. The molecule has 0 bridgehead atoms. The molecular weight excluding hydrogens is 170 g/mol. The maximum absolute atomic E-state index is 5.67. The Morgan fingerprint density at radius 2 is 2.17 bits per heavy atom. The molecule has 0 saturated heterocycles. The van der Waals surface area contributed by atoms with E-state index >= 15 is 0 Å². The number of anilines is 2. The Bertz CT molecular complexity index is 309. The number of benzene rings is 1. The summed E-state index contributed by atoms with van der Waals surface area (Å²) in [4.78, 5) is 0. The van der Waals surface area contributed by atoms with Crippen molar-refractivity contribution in [3.63, 3.8) is 0 Å². The van der Waals surface area contributed by atoms with Crippen molar-refractivity contribution in [1.29, 1.82) is 0 Å². The zero-order valence-electron chi connectivity index (χ0n) is 6.79. The topological polar surface area (TPSA) is 64.1 Å². The van der Waals surface area contributed by atoms with E-state index in [1.54, 1.807) is 0 Å². The molecule has 4 heteroatoms. The zero-order chi connectivity index (χ0) is 9.14. The van der Waals surface area contributed by atoms with E-state index in [1.807, 2.05) is 25.1 Å². The molecule has 0 amide bonds. The van der Waals surface area contributed by atoms with Crippen molar-refractivity contribution in [1.82, 2.24) is 0 Å². The highest BCUT2D eigenvalue weighted by Crippen LogP contribution is 2.19. The molecule has 1 rings (SSSR count). The molecule has 1 aromatic carbocycles. The van der Waals surface area contributed by atoms with E-state index in [9.17, 15) is 0 Å². The van der Waals surface area contributed by atoms with E-state index in [0.717, 1.165) is 16.9 Å². The highest BCUT2D eigenvalue weighted by molar-refractivity contribution is 7.80. The first-order chi connectivity index (χ1) is 5.61. The van der Waals surface area contributed by atoms with Gasteiger partial charge in [-0.25, -0.2) is 0 Å². The lowest BCUT2D eigenvalue weighted by atomic mass is 10.1. The number of hydrogen-bond acceptors (Lipinski definition) is 2. The van der Waals surface area contributed by atoms with Crippen LogP contribution in [0, 0.1) is 6.92 Å². The fourth-order valence-electron chi connectivity index (χ4n) is 0.922. The molecule has 12 heavy (non-hydrogen) atoms. The highest BCUT2D eigenvalue weighted by Gasteiger charge is 1.99. The second-order valence-corrected chi connectivity index (χ2v) is 2.95. The van der Waals surface area contributed by atoms with Gasteiger partial charge in [-0.1, -0.05) is 6.07 Å². The van der Waals surface area contributed by atoms with E-state index in [4.69, 9.17) is 23.7 Å². The largest absolute Gasteiger partial charge is 0.398 e. The number of thiocarbonyl (C=S) groups is 1. The molecule has 0 unspecified atom stereocenters. The van der Waals surface area contributed by atoms with Crippen molar-refractivity contribution >= 4 is 28.7 Å². The van der Waals surface area contributed by atoms with Crippen LogP contribution >= 0.6 is 12.2 Å². The molecule has 0 aromatic heterocycles. The lowest BCUT2D eigenvalue weighted by Crippen LogP contribution is -2.19. The van der Waals surface area contributed by atoms with Gasteiger partial charge >= 0.3 is 0 Å². The van der Waals surface area contributed by atoms with Crippen LogP contribution in [-0.4, -0.2) is 5.11 Å². The van der Waals surface area contributed by atoms with E-state index in [0.29, 0.717) is 0 Å². The number of nitrogen functional groups attached to an aromatic ring is 1. The van der Waals surface area contributed by atoms with Crippen molar-refractivity contribution in [2.45, 2.75) is 6.92 Å². The Kier molecular flexibility index (Phi) is 2.50. The maximum atomic E-state index is 5.67. The van der Waals surface area contributed by atoms with Crippen LogP contribution in [0.4, 0.5) is 11.4 Å². The number of nitrogens with two attached hydrogens (primary N) is 2. The minimum absolute atomic E-state index is 0.253. The standard InChI is InChI=1S/C8H11N3S/c1-5-6(9)3-2-4-7(5)11-8(10)12/h2-4H,9H2,1H3,(H3,10,11,12). The van der Waals surface area contributed by atoms with Gasteiger partial charge in [0.15, 0.2) is 5.11 Å². The van der Waals surface area contributed by atoms with Gasteiger partial charge in [0.05, 0.1) is 0 Å². The molecular formula is C8H11N3S. The van der Waals surface area contributed by atoms with Crippen LogP contribution < -0.4 is 16.8 Å². The summed E-state index contributed by atoms with van der Waals surface area (Å²) in [6.45, 7) is 1.91. The van der Waals surface area contributed by atoms with Crippen LogP contribution in [-0.2, 0) is 0 Å². The van der Waals surface area contributed by atoms with Crippen LogP contribution in [0.15, 0.2) is 18.2 Å². The molecule has 0 spiro atoms. The van der Waals surface area contributed by atoms with Crippen molar-refractivity contribution in [2.24, 2.45) is 5.73 Å². The molecule has 0 aliphatic rings. The van der Waals surface area contributed by atoms with E-state index < -0.39 is 0 Å². The van der Waals surface area contributed by atoms with Crippen molar-refractivity contribution in [2.75, 3.05) is 11.1 Å². The molecule has 0 saturated carbocycles. The summed E-state index contributed by atoms with van der Waals surface area (Å²) in [5, 5.41) is 3.10. The van der Waals surface area contributed by atoms with Gasteiger partial charge in [0, 0.05) is 11.4 Å². The molecule has 0 atom stereocenters. The fourth-order valence-corrected chi connectivity index (χ4v) is 1.03. The van der Waals surface area contributed by atoms with Crippen LogP contribution in [0.5, 0.6) is 0 Å². The minimum atomic E-state index is 0.253. The first-order valence-electron chi connectivity index (χ1n) is 3.53. The summed E-state index contributed by atoms with van der Waals surface area (Å²) in [6.07, 6.45) is 0. The first-order valence-corrected chi connectivity index (χ1v) is 3.93.